The first-order valence-corrected chi connectivity index (χ1v) is 7.85. The normalized spacial score (nSPS) is 10.9. The van der Waals surface area contributed by atoms with Crippen molar-refractivity contribution in [1.29, 1.82) is 0 Å². The van der Waals surface area contributed by atoms with Crippen LogP contribution in [0.1, 0.15) is 11.3 Å². The van der Waals surface area contributed by atoms with Crippen LogP contribution in [0.15, 0.2) is 67.0 Å². The second-order valence-corrected chi connectivity index (χ2v) is 5.67. The van der Waals surface area contributed by atoms with E-state index >= 15 is 0 Å². The Morgan fingerprint density at radius 3 is 2.62 bits per heavy atom. The van der Waals surface area contributed by atoms with Crippen molar-refractivity contribution in [2.75, 3.05) is 5.32 Å². The fraction of sp³-hybridized carbons (Fsp3) is 0.105. The average Bonchev–Trinajstić information content (AvgIpc) is 3.05. The van der Waals surface area contributed by atoms with Crippen LogP contribution in [0.5, 0.6) is 0 Å². The zero-order valence-corrected chi connectivity index (χ0v) is 13.3. The molecule has 4 rings (SSSR count). The van der Waals surface area contributed by atoms with Gasteiger partial charge >= 0.3 is 0 Å². The first-order chi connectivity index (χ1) is 11.8. The van der Waals surface area contributed by atoms with E-state index in [1.807, 2.05) is 41.0 Å². The number of imidazole rings is 1. The molecule has 4 aromatic rings. The van der Waals surface area contributed by atoms with E-state index in [9.17, 15) is 0 Å². The van der Waals surface area contributed by atoms with Crippen molar-refractivity contribution >= 4 is 11.5 Å². The number of rotatable bonds is 4. The summed E-state index contributed by atoms with van der Waals surface area (Å²) in [6.45, 7) is 2.71. The lowest BCUT2D eigenvalue weighted by Crippen LogP contribution is -2.05. The van der Waals surface area contributed by atoms with E-state index in [0.29, 0.717) is 6.54 Å². The molecule has 1 aromatic carbocycles. The molecule has 5 nitrogen and oxygen atoms in total. The molecule has 0 aliphatic rings. The first kappa shape index (κ1) is 14.4. The molecule has 24 heavy (non-hydrogen) atoms. The Morgan fingerprint density at radius 1 is 0.958 bits per heavy atom. The van der Waals surface area contributed by atoms with Crippen LogP contribution in [-0.2, 0) is 6.54 Å². The molecular weight excluding hydrogens is 298 g/mol. The summed E-state index contributed by atoms with van der Waals surface area (Å²) >= 11 is 0. The number of nitrogens with one attached hydrogen (secondary N) is 1. The molecule has 0 radical (unpaired) electrons. The van der Waals surface area contributed by atoms with Crippen LogP contribution in [0, 0.1) is 6.92 Å². The Hall–Kier alpha value is -3.21. The van der Waals surface area contributed by atoms with Gasteiger partial charge in [0.05, 0.1) is 24.1 Å². The molecule has 0 atom stereocenters. The second-order valence-electron chi connectivity index (χ2n) is 5.67. The number of nitrogens with zero attached hydrogens (tertiary/aromatic N) is 4. The van der Waals surface area contributed by atoms with Crippen molar-refractivity contribution in [2.24, 2.45) is 0 Å². The molecule has 0 aliphatic heterocycles. The highest BCUT2D eigenvalue weighted by Gasteiger charge is 2.08. The second kappa shape index (κ2) is 6.12. The van der Waals surface area contributed by atoms with Crippen molar-refractivity contribution in [3.63, 3.8) is 0 Å². The van der Waals surface area contributed by atoms with Crippen LogP contribution in [0.2, 0.25) is 0 Å². The van der Waals surface area contributed by atoms with Crippen LogP contribution >= 0.6 is 0 Å². The number of fused-ring (bicyclic) bond motifs is 1. The molecule has 3 aromatic heterocycles. The fourth-order valence-corrected chi connectivity index (χ4v) is 2.57. The quantitative estimate of drug-likeness (QED) is 0.624. The molecule has 3 heterocycles. The Kier molecular flexibility index (Phi) is 3.67. The van der Waals surface area contributed by atoms with Crippen LogP contribution in [0.25, 0.3) is 16.9 Å². The predicted octanol–water partition coefficient (Wildman–Crippen LogP) is 3.71. The molecule has 1 N–H and O–H groups in total. The fourth-order valence-electron chi connectivity index (χ4n) is 2.57. The molecule has 0 fully saturated rings. The number of anilines is 1. The SMILES string of the molecule is Cc1ccc(-c2cnc3ccc(NCc4ccccn4)nn23)cc1. The Balaban J connectivity index is 1.64. The topological polar surface area (TPSA) is 55.1 Å². The van der Waals surface area contributed by atoms with Gasteiger partial charge in [0.1, 0.15) is 5.82 Å². The van der Waals surface area contributed by atoms with Gasteiger partial charge in [-0.05, 0) is 31.2 Å². The number of hydrogen-bond acceptors (Lipinski definition) is 4. The zero-order valence-electron chi connectivity index (χ0n) is 13.3. The smallest absolute Gasteiger partial charge is 0.154 e. The summed E-state index contributed by atoms with van der Waals surface area (Å²) in [4.78, 5) is 8.75. The average molecular weight is 315 g/mol. The number of hydrogen-bond donors (Lipinski definition) is 1. The maximum Gasteiger partial charge on any atom is 0.154 e. The summed E-state index contributed by atoms with van der Waals surface area (Å²) in [7, 11) is 0. The first-order valence-electron chi connectivity index (χ1n) is 7.85. The van der Waals surface area contributed by atoms with Gasteiger partial charge < -0.3 is 5.32 Å². The molecular formula is C19H17N5. The highest BCUT2D eigenvalue weighted by atomic mass is 15.3. The van der Waals surface area contributed by atoms with Crippen LogP contribution < -0.4 is 5.32 Å². The van der Waals surface area contributed by atoms with Crippen molar-refractivity contribution in [3.05, 3.63) is 78.2 Å². The molecule has 0 spiro atoms. The van der Waals surface area contributed by atoms with E-state index in [2.05, 4.69) is 51.6 Å². The summed E-state index contributed by atoms with van der Waals surface area (Å²) in [6, 6.07) is 18.1. The monoisotopic (exact) mass is 315 g/mol. The number of pyridine rings is 1. The third kappa shape index (κ3) is 2.84. The maximum absolute atomic E-state index is 4.66. The third-order valence-electron chi connectivity index (χ3n) is 3.89. The van der Waals surface area contributed by atoms with E-state index in [1.54, 1.807) is 6.20 Å². The van der Waals surface area contributed by atoms with Crippen molar-refractivity contribution < 1.29 is 0 Å². The van der Waals surface area contributed by atoms with Crippen LogP contribution in [0.4, 0.5) is 5.82 Å². The van der Waals surface area contributed by atoms with Gasteiger partial charge in [0.15, 0.2) is 5.65 Å². The molecule has 0 saturated carbocycles. The minimum Gasteiger partial charge on any atom is -0.363 e. The molecule has 0 unspecified atom stereocenters. The molecule has 0 saturated heterocycles. The van der Waals surface area contributed by atoms with Crippen molar-refractivity contribution in [2.45, 2.75) is 13.5 Å². The number of aryl methyl sites for hydroxylation is 1. The highest BCUT2D eigenvalue weighted by Crippen LogP contribution is 2.21. The largest absolute Gasteiger partial charge is 0.363 e. The lowest BCUT2D eigenvalue weighted by molar-refractivity contribution is 0.923. The Bertz CT molecular complexity index is 958. The van der Waals surface area contributed by atoms with E-state index in [1.165, 1.54) is 5.56 Å². The molecule has 118 valence electrons. The van der Waals surface area contributed by atoms with Gasteiger partial charge in [-0.1, -0.05) is 35.9 Å². The van der Waals surface area contributed by atoms with Crippen molar-refractivity contribution in [1.82, 2.24) is 19.6 Å². The molecule has 5 heteroatoms. The van der Waals surface area contributed by atoms with Gasteiger partial charge in [-0.15, -0.1) is 5.10 Å². The number of aromatic nitrogens is 4. The van der Waals surface area contributed by atoms with Gasteiger partial charge in [0.2, 0.25) is 0 Å². The van der Waals surface area contributed by atoms with Crippen LogP contribution in [-0.4, -0.2) is 19.6 Å². The van der Waals surface area contributed by atoms with Crippen molar-refractivity contribution in [3.8, 4) is 11.3 Å². The van der Waals surface area contributed by atoms with E-state index in [-0.39, 0.29) is 0 Å². The maximum atomic E-state index is 4.66. The Labute approximate surface area is 140 Å². The van der Waals surface area contributed by atoms with E-state index < -0.39 is 0 Å². The zero-order chi connectivity index (χ0) is 16.4. The summed E-state index contributed by atoms with van der Waals surface area (Å²) < 4.78 is 1.87. The Morgan fingerprint density at radius 2 is 1.83 bits per heavy atom. The van der Waals surface area contributed by atoms with Gasteiger partial charge in [-0.3, -0.25) is 4.98 Å². The van der Waals surface area contributed by atoms with Gasteiger partial charge in [-0.2, -0.15) is 0 Å². The summed E-state index contributed by atoms with van der Waals surface area (Å²) in [5, 5.41) is 7.97. The van der Waals surface area contributed by atoms with Gasteiger partial charge in [0.25, 0.3) is 0 Å². The molecule has 0 bridgehead atoms. The third-order valence-corrected chi connectivity index (χ3v) is 3.89. The lowest BCUT2D eigenvalue weighted by atomic mass is 10.1. The van der Waals surface area contributed by atoms with E-state index in [0.717, 1.165) is 28.4 Å². The lowest BCUT2D eigenvalue weighted by Gasteiger charge is -2.07. The minimum atomic E-state index is 0.633. The summed E-state index contributed by atoms with van der Waals surface area (Å²) in [5.74, 6) is 0.791. The molecule has 0 aliphatic carbocycles. The summed E-state index contributed by atoms with van der Waals surface area (Å²) in [6.07, 6.45) is 3.65. The predicted molar refractivity (Wildman–Crippen MR) is 94.7 cm³/mol. The standard InChI is InChI=1S/C19H17N5/c1-14-5-7-15(8-6-14)17-13-22-19-10-9-18(23-24(17)19)21-12-16-4-2-3-11-20-16/h2-11,13H,12H2,1H3,(H,21,23). The van der Waals surface area contributed by atoms with Crippen LogP contribution in [0.3, 0.4) is 0 Å². The highest BCUT2D eigenvalue weighted by molar-refractivity contribution is 5.63. The molecule has 0 amide bonds. The summed E-state index contributed by atoms with van der Waals surface area (Å²) in [5.41, 5.74) is 5.12. The van der Waals surface area contributed by atoms with E-state index in [4.69, 9.17) is 0 Å². The van der Waals surface area contributed by atoms with Gasteiger partial charge in [0, 0.05) is 11.8 Å². The van der Waals surface area contributed by atoms with Gasteiger partial charge in [-0.25, -0.2) is 9.50 Å². The number of benzene rings is 1. The minimum absolute atomic E-state index is 0.633.